The van der Waals surface area contributed by atoms with Crippen LogP contribution in [-0.2, 0) is 6.54 Å². The van der Waals surface area contributed by atoms with Gasteiger partial charge in [-0.1, -0.05) is 17.7 Å². The first-order valence-corrected chi connectivity index (χ1v) is 5.19. The summed E-state index contributed by atoms with van der Waals surface area (Å²) in [4.78, 5) is 11.9. The van der Waals surface area contributed by atoms with Crippen molar-refractivity contribution in [3.8, 4) is 11.8 Å². The summed E-state index contributed by atoms with van der Waals surface area (Å²) >= 11 is 0. The molecule has 86 valence electrons. The molecule has 0 amide bonds. The van der Waals surface area contributed by atoms with E-state index < -0.39 is 0 Å². The van der Waals surface area contributed by atoms with E-state index in [0.717, 1.165) is 5.56 Å². The summed E-state index contributed by atoms with van der Waals surface area (Å²) in [7, 11) is 0. The number of benzene rings is 1. The van der Waals surface area contributed by atoms with Crippen LogP contribution in [0.2, 0.25) is 0 Å². The Morgan fingerprint density at radius 1 is 1.29 bits per heavy atom. The van der Waals surface area contributed by atoms with Crippen LogP contribution in [0, 0.1) is 18.3 Å². The zero-order valence-corrected chi connectivity index (χ0v) is 9.37. The normalized spacial score (nSPS) is 10.1. The SMILES string of the molecule is Cc1ccc(-n2nnn(CCC#N)c2=O)cc1. The predicted molar refractivity (Wildman–Crippen MR) is 60.6 cm³/mol. The van der Waals surface area contributed by atoms with Crippen molar-refractivity contribution < 1.29 is 0 Å². The molecule has 17 heavy (non-hydrogen) atoms. The average molecular weight is 229 g/mol. The molecule has 6 heteroatoms. The highest BCUT2D eigenvalue weighted by Crippen LogP contribution is 2.04. The average Bonchev–Trinajstić information content (AvgIpc) is 2.69. The molecule has 1 aromatic heterocycles. The zero-order valence-electron chi connectivity index (χ0n) is 9.37. The highest BCUT2D eigenvalue weighted by atomic mass is 16.2. The molecule has 0 radical (unpaired) electrons. The molecular weight excluding hydrogens is 218 g/mol. The zero-order chi connectivity index (χ0) is 12.3. The summed E-state index contributed by atoms with van der Waals surface area (Å²) in [5.41, 5.74) is 1.45. The fourth-order valence-corrected chi connectivity index (χ4v) is 1.42. The second kappa shape index (κ2) is 4.61. The fourth-order valence-electron chi connectivity index (χ4n) is 1.42. The minimum atomic E-state index is -0.330. The van der Waals surface area contributed by atoms with Gasteiger partial charge in [0, 0.05) is 0 Å². The lowest BCUT2D eigenvalue weighted by Gasteiger charge is -1.98. The number of rotatable bonds is 3. The van der Waals surface area contributed by atoms with E-state index in [4.69, 9.17) is 5.26 Å². The summed E-state index contributed by atoms with van der Waals surface area (Å²) in [5, 5.41) is 15.9. The minimum Gasteiger partial charge on any atom is -0.244 e. The molecule has 0 N–H and O–H groups in total. The molecule has 2 rings (SSSR count). The number of aromatic nitrogens is 4. The Morgan fingerprint density at radius 2 is 2.00 bits per heavy atom. The van der Waals surface area contributed by atoms with Crippen LogP contribution in [0.25, 0.3) is 5.69 Å². The van der Waals surface area contributed by atoms with Crippen LogP contribution < -0.4 is 5.69 Å². The Balaban J connectivity index is 2.35. The maximum atomic E-state index is 11.9. The van der Waals surface area contributed by atoms with Gasteiger partial charge in [0.15, 0.2) is 0 Å². The molecule has 2 aromatic rings. The van der Waals surface area contributed by atoms with Crippen molar-refractivity contribution in [2.24, 2.45) is 0 Å². The standard InChI is InChI=1S/C11H11N5O/c1-9-3-5-10(6-4-9)16-11(17)15(13-14-16)8-2-7-12/h3-6H,2,8H2,1H3. The topological polar surface area (TPSA) is 76.5 Å². The molecule has 0 fully saturated rings. The van der Waals surface area contributed by atoms with E-state index in [1.54, 1.807) is 12.1 Å². The first-order chi connectivity index (χ1) is 8.22. The lowest BCUT2D eigenvalue weighted by atomic mass is 10.2. The Labute approximate surface area is 97.7 Å². The second-order valence-corrected chi connectivity index (χ2v) is 3.64. The van der Waals surface area contributed by atoms with Gasteiger partial charge in [-0.05, 0) is 29.5 Å². The number of nitrogens with zero attached hydrogens (tertiary/aromatic N) is 5. The van der Waals surface area contributed by atoms with Crippen molar-refractivity contribution in [2.75, 3.05) is 0 Å². The van der Waals surface area contributed by atoms with Gasteiger partial charge in [-0.3, -0.25) is 0 Å². The Kier molecular flexibility index (Phi) is 3.01. The second-order valence-electron chi connectivity index (χ2n) is 3.64. The Bertz CT molecular complexity index is 602. The van der Waals surface area contributed by atoms with Crippen LogP contribution in [0.4, 0.5) is 0 Å². The van der Waals surface area contributed by atoms with Crippen LogP contribution in [0.5, 0.6) is 0 Å². The summed E-state index contributed by atoms with van der Waals surface area (Å²) in [6.45, 7) is 2.23. The van der Waals surface area contributed by atoms with E-state index in [1.165, 1.54) is 9.36 Å². The largest absolute Gasteiger partial charge is 0.368 e. The minimum absolute atomic E-state index is 0.243. The van der Waals surface area contributed by atoms with Gasteiger partial charge in [-0.25, -0.2) is 4.79 Å². The van der Waals surface area contributed by atoms with Gasteiger partial charge in [0.1, 0.15) is 0 Å². The molecule has 1 heterocycles. The molecule has 0 unspecified atom stereocenters. The molecule has 0 spiro atoms. The molecule has 0 atom stereocenters. The van der Waals surface area contributed by atoms with Crippen molar-refractivity contribution in [3.63, 3.8) is 0 Å². The highest BCUT2D eigenvalue weighted by molar-refractivity contribution is 5.32. The van der Waals surface area contributed by atoms with E-state index in [9.17, 15) is 4.79 Å². The van der Waals surface area contributed by atoms with Crippen LogP contribution in [0.1, 0.15) is 12.0 Å². The molecule has 0 aliphatic carbocycles. The molecular formula is C11H11N5O. The smallest absolute Gasteiger partial charge is 0.244 e. The van der Waals surface area contributed by atoms with Crippen molar-refractivity contribution in [3.05, 3.63) is 40.3 Å². The molecule has 0 bridgehead atoms. The highest BCUT2D eigenvalue weighted by Gasteiger charge is 2.07. The summed E-state index contributed by atoms with van der Waals surface area (Å²) in [5.74, 6) is 0. The van der Waals surface area contributed by atoms with E-state index in [-0.39, 0.29) is 18.7 Å². The number of aryl methyl sites for hydroxylation is 2. The number of hydrogen-bond donors (Lipinski definition) is 0. The first-order valence-electron chi connectivity index (χ1n) is 5.19. The van der Waals surface area contributed by atoms with Gasteiger partial charge in [-0.15, -0.1) is 0 Å². The third-order valence-corrected chi connectivity index (χ3v) is 2.35. The van der Waals surface area contributed by atoms with Crippen LogP contribution in [0.3, 0.4) is 0 Å². The van der Waals surface area contributed by atoms with Crippen molar-refractivity contribution in [2.45, 2.75) is 19.9 Å². The summed E-state index contributed by atoms with van der Waals surface area (Å²) < 4.78 is 2.40. The maximum Gasteiger partial charge on any atom is 0.368 e. The van der Waals surface area contributed by atoms with Crippen LogP contribution in [0.15, 0.2) is 29.1 Å². The van der Waals surface area contributed by atoms with Crippen molar-refractivity contribution in [1.82, 2.24) is 19.8 Å². The molecule has 6 nitrogen and oxygen atoms in total. The van der Waals surface area contributed by atoms with Gasteiger partial charge in [0.05, 0.1) is 24.7 Å². The monoisotopic (exact) mass is 229 g/mol. The number of tetrazole rings is 1. The number of hydrogen-bond acceptors (Lipinski definition) is 4. The quantitative estimate of drug-likeness (QED) is 0.774. The summed E-state index contributed by atoms with van der Waals surface area (Å²) in [6, 6.07) is 9.37. The lowest BCUT2D eigenvalue weighted by Crippen LogP contribution is -2.24. The van der Waals surface area contributed by atoms with E-state index in [0.29, 0.717) is 5.69 Å². The van der Waals surface area contributed by atoms with Gasteiger partial charge in [0.2, 0.25) is 0 Å². The molecule has 0 saturated heterocycles. The molecule has 1 aromatic carbocycles. The third-order valence-electron chi connectivity index (χ3n) is 2.35. The third kappa shape index (κ3) is 2.23. The predicted octanol–water partition coefficient (Wildman–Crippen LogP) is 0.651. The fraction of sp³-hybridized carbons (Fsp3) is 0.273. The Hall–Kier alpha value is -2.42. The number of nitriles is 1. The van der Waals surface area contributed by atoms with Gasteiger partial charge < -0.3 is 0 Å². The Morgan fingerprint density at radius 3 is 2.65 bits per heavy atom. The van der Waals surface area contributed by atoms with E-state index in [1.807, 2.05) is 25.1 Å². The molecule has 0 aliphatic heterocycles. The first kappa shape index (κ1) is 11.1. The summed E-state index contributed by atoms with van der Waals surface area (Å²) in [6.07, 6.45) is 0.243. The van der Waals surface area contributed by atoms with Gasteiger partial charge in [0.25, 0.3) is 0 Å². The van der Waals surface area contributed by atoms with Crippen molar-refractivity contribution >= 4 is 0 Å². The van der Waals surface area contributed by atoms with E-state index >= 15 is 0 Å². The lowest BCUT2D eigenvalue weighted by molar-refractivity contribution is 0.584. The van der Waals surface area contributed by atoms with Crippen LogP contribution >= 0.6 is 0 Å². The molecule has 0 saturated carbocycles. The maximum absolute atomic E-state index is 11.9. The van der Waals surface area contributed by atoms with E-state index in [2.05, 4.69) is 10.4 Å². The van der Waals surface area contributed by atoms with Gasteiger partial charge >= 0.3 is 5.69 Å². The van der Waals surface area contributed by atoms with Crippen LogP contribution in [-0.4, -0.2) is 19.8 Å². The van der Waals surface area contributed by atoms with Crippen molar-refractivity contribution in [1.29, 1.82) is 5.26 Å². The molecule has 0 aliphatic rings. The van der Waals surface area contributed by atoms with Gasteiger partial charge in [-0.2, -0.15) is 14.6 Å².